The molecule has 0 saturated carbocycles. The molecule has 1 unspecified atom stereocenters. The average molecular weight is 477 g/mol. The largest absolute Gasteiger partial charge is 0.496 e. The van der Waals surface area contributed by atoms with Gasteiger partial charge >= 0.3 is 5.97 Å². The van der Waals surface area contributed by atoms with Gasteiger partial charge in [0.2, 0.25) is 0 Å². The Bertz CT molecular complexity index is 1020. The highest BCUT2D eigenvalue weighted by molar-refractivity contribution is 9.10. The van der Waals surface area contributed by atoms with Crippen molar-refractivity contribution in [2.45, 2.75) is 23.8 Å². The van der Waals surface area contributed by atoms with Crippen LogP contribution in [0.5, 0.6) is 5.75 Å². The van der Waals surface area contributed by atoms with Crippen molar-refractivity contribution >= 4 is 44.6 Å². The molecule has 0 aliphatic carbocycles. The Kier molecular flexibility index (Phi) is 6.93. The van der Waals surface area contributed by atoms with Gasteiger partial charge in [0, 0.05) is 28.8 Å². The van der Waals surface area contributed by atoms with E-state index in [0.29, 0.717) is 17.1 Å². The van der Waals surface area contributed by atoms with Crippen LogP contribution in [0.4, 0.5) is 0 Å². The molecule has 0 aliphatic rings. The monoisotopic (exact) mass is 476 g/mol. The molecule has 0 fully saturated rings. The predicted molar refractivity (Wildman–Crippen MR) is 122 cm³/mol. The fourth-order valence-electron chi connectivity index (χ4n) is 3.03. The van der Waals surface area contributed by atoms with E-state index in [2.05, 4.69) is 32.6 Å². The topological polar surface area (TPSA) is 43.7 Å². The molecule has 0 aliphatic heterocycles. The quantitative estimate of drug-likeness (QED) is 0.262. The lowest BCUT2D eigenvalue weighted by atomic mass is 10.1. The first-order valence-corrected chi connectivity index (χ1v) is 11.0. The van der Waals surface area contributed by atoms with Crippen LogP contribution in [0.2, 0.25) is 0 Å². The van der Waals surface area contributed by atoms with Crippen molar-refractivity contribution in [1.82, 2.24) is 9.47 Å². The number of carbonyl (C=O) groups excluding carboxylic acids is 1. The maximum Gasteiger partial charge on any atom is 0.342 e. The third-order valence-corrected chi connectivity index (χ3v) is 6.56. The maximum absolute atomic E-state index is 13.2. The Hall–Kier alpha value is -1.96. The Morgan fingerprint density at radius 2 is 1.93 bits per heavy atom. The minimum Gasteiger partial charge on any atom is -0.496 e. The second-order valence-corrected chi connectivity index (χ2v) is 8.86. The highest BCUT2D eigenvalue weighted by atomic mass is 79.9. The van der Waals surface area contributed by atoms with Crippen LogP contribution in [-0.4, -0.2) is 42.9 Å². The van der Waals surface area contributed by atoms with Gasteiger partial charge in [-0.15, -0.1) is 11.8 Å². The molecular formula is C22H25BrN2O3S. The normalized spacial score (nSPS) is 12.4. The smallest absolute Gasteiger partial charge is 0.342 e. The van der Waals surface area contributed by atoms with E-state index in [9.17, 15) is 4.79 Å². The first-order chi connectivity index (χ1) is 13.8. The lowest BCUT2D eigenvalue weighted by molar-refractivity contribution is -0.00536. The van der Waals surface area contributed by atoms with Crippen molar-refractivity contribution in [1.29, 1.82) is 0 Å². The minimum absolute atomic E-state index is 0.329. The van der Waals surface area contributed by atoms with Crippen molar-refractivity contribution in [3.8, 4) is 5.75 Å². The fraction of sp³-hybridized carbons (Fsp3) is 0.318. The second-order valence-electron chi connectivity index (χ2n) is 6.95. The van der Waals surface area contributed by atoms with Crippen LogP contribution >= 0.6 is 27.7 Å². The molecule has 3 aromatic rings. The summed E-state index contributed by atoms with van der Waals surface area (Å²) in [6.07, 6.45) is -0.329. The number of carbonyl (C=O) groups is 1. The van der Waals surface area contributed by atoms with E-state index in [-0.39, 0.29) is 12.2 Å². The summed E-state index contributed by atoms with van der Waals surface area (Å²) >= 11 is 5.24. The van der Waals surface area contributed by atoms with E-state index in [0.717, 1.165) is 26.0 Å². The van der Waals surface area contributed by atoms with Crippen LogP contribution in [0.3, 0.4) is 0 Å². The van der Waals surface area contributed by atoms with Gasteiger partial charge in [0.1, 0.15) is 5.75 Å². The van der Waals surface area contributed by atoms with Crippen LogP contribution in [0.25, 0.3) is 10.9 Å². The number of benzene rings is 2. The summed E-state index contributed by atoms with van der Waals surface area (Å²) in [4.78, 5) is 16.2. The number of hydrogen-bond acceptors (Lipinski definition) is 5. The highest BCUT2D eigenvalue weighted by Crippen LogP contribution is 2.37. The minimum atomic E-state index is -0.329. The van der Waals surface area contributed by atoms with Crippen molar-refractivity contribution in [3.05, 3.63) is 58.2 Å². The van der Waals surface area contributed by atoms with E-state index in [1.165, 1.54) is 0 Å². The van der Waals surface area contributed by atoms with Gasteiger partial charge in [0.15, 0.2) is 6.23 Å². The number of esters is 1. The molecule has 0 amide bonds. The number of ether oxygens (including phenoxy) is 2. The summed E-state index contributed by atoms with van der Waals surface area (Å²) in [5.41, 5.74) is 2.46. The number of aromatic nitrogens is 1. The molecule has 3 rings (SSSR count). The van der Waals surface area contributed by atoms with E-state index in [4.69, 9.17) is 9.47 Å². The molecule has 1 atom stereocenters. The number of fused-ring (bicyclic) bond motifs is 1. The van der Waals surface area contributed by atoms with Crippen molar-refractivity contribution < 1.29 is 14.3 Å². The number of rotatable bonds is 7. The van der Waals surface area contributed by atoms with E-state index >= 15 is 0 Å². The van der Waals surface area contributed by atoms with E-state index in [1.807, 2.05) is 63.3 Å². The molecule has 1 heterocycles. The zero-order chi connectivity index (χ0) is 21.1. The van der Waals surface area contributed by atoms with Gasteiger partial charge in [-0.25, -0.2) is 4.79 Å². The number of hydrogen-bond donors (Lipinski definition) is 0. The summed E-state index contributed by atoms with van der Waals surface area (Å²) in [6.45, 7) is 1.86. The molecule has 0 N–H and O–H groups in total. The summed E-state index contributed by atoms with van der Waals surface area (Å²) in [7, 11) is 7.36. The number of aryl methyl sites for hydroxylation is 1. The Labute approximate surface area is 184 Å². The van der Waals surface area contributed by atoms with Crippen LogP contribution in [0.15, 0.2) is 51.8 Å². The molecule has 0 saturated heterocycles. The summed E-state index contributed by atoms with van der Waals surface area (Å²) < 4.78 is 14.1. The van der Waals surface area contributed by atoms with Crippen LogP contribution in [0.1, 0.15) is 23.0 Å². The standard InChI is InChI=1S/C22H25BrN2O3S/c1-14(24(2)3)28-22(26)21-16-11-20(27-5)17(23)12-18(16)25(4)19(21)13-29-15-9-7-6-8-10-15/h6-12,14H,13H2,1-5H3. The van der Waals surface area contributed by atoms with Crippen LogP contribution < -0.4 is 4.74 Å². The van der Waals surface area contributed by atoms with Gasteiger partial charge in [-0.1, -0.05) is 18.2 Å². The molecule has 0 spiro atoms. The van der Waals surface area contributed by atoms with Crippen molar-refractivity contribution in [2.75, 3.05) is 21.2 Å². The van der Waals surface area contributed by atoms with Crippen molar-refractivity contribution in [3.63, 3.8) is 0 Å². The Balaban J connectivity index is 2.09. The van der Waals surface area contributed by atoms with Gasteiger partial charge < -0.3 is 14.0 Å². The molecule has 154 valence electrons. The summed E-state index contributed by atoms with van der Waals surface area (Å²) in [6, 6.07) is 14.0. The number of methoxy groups -OCH3 is 1. The summed E-state index contributed by atoms with van der Waals surface area (Å²) in [5.74, 6) is 1.00. The highest BCUT2D eigenvalue weighted by Gasteiger charge is 2.25. The average Bonchev–Trinajstić information content (AvgIpc) is 2.97. The lowest BCUT2D eigenvalue weighted by Gasteiger charge is -2.20. The van der Waals surface area contributed by atoms with Crippen LogP contribution in [-0.2, 0) is 17.5 Å². The molecule has 2 aromatic carbocycles. The number of halogens is 1. The number of nitrogens with zero attached hydrogens (tertiary/aromatic N) is 2. The van der Waals surface area contributed by atoms with Crippen LogP contribution in [0, 0.1) is 0 Å². The van der Waals surface area contributed by atoms with Gasteiger partial charge in [-0.05, 0) is 61.2 Å². The zero-order valence-electron chi connectivity index (χ0n) is 17.2. The zero-order valence-corrected chi connectivity index (χ0v) is 19.6. The Morgan fingerprint density at radius 1 is 1.24 bits per heavy atom. The maximum atomic E-state index is 13.2. The SMILES string of the molecule is COc1cc2c(C(=O)OC(C)N(C)C)c(CSc3ccccc3)n(C)c2cc1Br. The molecule has 7 heteroatoms. The van der Waals surface area contributed by atoms with Gasteiger partial charge in [0.05, 0.1) is 22.7 Å². The molecule has 0 radical (unpaired) electrons. The fourth-order valence-corrected chi connectivity index (χ4v) is 4.51. The van der Waals surface area contributed by atoms with E-state index in [1.54, 1.807) is 18.9 Å². The lowest BCUT2D eigenvalue weighted by Crippen LogP contribution is -2.30. The predicted octanol–water partition coefficient (Wildman–Crippen LogP) is 5.31. The third kappa shape index (κ3) is 4.63. The second kappa shape index (κ2) is 9.24. The number of thioether (sulfide) groups is 1. The van der Waals surface area contributed by atoms with Gasteiger partial charge in [-0.2, -0.15) is 0 Å². The first-order valence-electron chi connectivity index (χ1n) is 9.23. The molecule has 1 aromatic heterocycles. The molecular weight excluding hydrogens is 452 g/mol. The summed E-state index contributed by atoms with van der Waals surface area (Å²) in [5, 5.41) is 0.826. The van der Waals surface area contributed by atoms with Crippen molar-refractivity contribution in [2.24, 2.45) is 7.05 Å². The van der Waals surface area contributed by atoms with Gasteiger partial charge in [0.25, 0.3) is 0 Å². The van der Waals surface area contributed by atoms with E-state index < -0.39 is 0 Å². The Morgan fingerprint density at radius 3 is 2.55 bits per heavy atom. The molecule has 0 bridgehead atoms. The third-order valence-electron chi connectivity index (χ3n) is 4.92. The molecule has 29 heavy (non-hydrogen) atoms. The first kappa shape index (κ1) is 21.7. The van der Waals surface area contributed by atoms with Gasteiger partial charge in [-0.3, -0.25) is 4.90 Å². The molecule has 5 nitrogen and oxygen atoms in total.